The molecule has 0 spiro atoms. The first-order valence-corrected chi connectivity index (χ1v) is 20.1. The monoisotopic (exact) mass is 642 g/mol. The van der Waals surface area contributed by atoms with Gasteiger partial charge in [0.15, 0.2) is 0 Å². The average Bonchev–Trinajstić information content (AvgIpc) is 2.98. The van der Waals surface area contributed by atoms with E-state index in [-0.39, 0.29) is 5.91 Å². The van der Waals surface area contributed by atoms with Crippen LogP contribution in [0.25, 0.3) is 0 Å². The Morgan fingerprint density at radius 1 is 0.591 bits per heavy atom. The number of amides is 1. The molecule has 0 aliphatic rings. The minimum Gasteiger partial charge on any atom is -0.387 e. The van der Waals surface area contributed by atoms with E-state index in [9.17, 15) is 22.9 Å². The molecule has 44 heavy (non-hydrogen) atoms. The maximum Gasteiger partial charge on any atom is 0.267 e. The number of allylic oxidation sites excluding steroid dienone is 3. The zero-order valence-electron chi connectivity index (χ0n) is 28.8. The van der Waals surface area contributed by atoms with Crippen LogP contribution in [-0.2, 0) is 14.9 Å². The summed E-state index contributed by atoms with van der Waals surface area (Å²) in [5.74, 6) is -0.994. The van der Waals surface area contributed by atoms with Gasteiger partial charge in [-0.2, -0.15) is 8.42 Å². The molecule has 0 rings (SSSR count). The zero-order valence-corrected chi connectivity index (χ0v) is 29.6. The molecule has 0 fully saturated rings. The van der Waals surface area contributed by atoms with Crippen molar-refractivity contribution in [1.29, 1.82) is 0 Å². The molecule has 0 aromatic heterocycles. The van der Waals surface area contributed by atoms with Gasteiger partial charge in [0, 0.05) is 6.42 Å². The van der Waals surface area contributed by atoms with Crippen LogP contribution < -0.4 is 5.32 Å². The van der Waals surface area contributed by atoms with Gasteiger partial charge in [0.2, 0.25) is 5.91 Å². The van der Waals surface area contributed by atoms with E-state index in [0.29, 0.717) is 6.42 Å². The first-order chi connectivity index (χ1) is 21.3. The number of carbonyl (C=O) groups is 1. The van der Waals surface area contributed by atoms with Crippen LogP contribution in [0, 0.1) is 0 Å². The molecule has 2 unspecified atom stereocenters. The Labute approximate surface area is 273 Å². The molecule has 260 valence electrons. The molecule has 0 saturated carbocycles. The summed E-state index contributed by atoms with van der Waals surface area (Å²) in [7, 11) is -4.34. The van der Waals surface area contributed by atoms with Crippen molar-refractivity contribution in [3.63, 3.8) is 0 Å². The summed E-state index contributed by atoms with van der Waals surface area (Å²) in [6.07, 6.45) is 38.7. The molecule has 1 amide bonds. The molecular formula is C37H71NO5S. The first-order valence-electron chi connectivity index (χ1n) is 18.5. The van der Waals surface area contributed by atoms with Gasteiger partial charge in [0.25, 0.3) is 10.1 Å². The Bertz CT molecular complexity index is 796. The standard InChI is InChI=1S/C37H71NO5S/c1-3-5-7-9-11-13-15-17-19-21-23-25-27-29-31-33-37(40)38-35(34-44(41,42)43)36(39)32-30-28-26-24-22-20-18-16-14-12-10-8-6-4-2/h22,24,30,32,35-36,39H,3-21,23,25-29,31,33-34H2,1-2H3,(H,38,40)(H,41,42,43)/b24-22+,32-30+. The third-order valence-corrected chi connectivity index (χ3v) is 9.16. The number of nitrogens with one attached hydrogen (secondary N) is 1. The molecular weight excluding hydrogens is 570 g/mol. The average molecular weight is 642 g/mol. The third-order valence-electron chi connectivity index (χ3n) is 8.38. The van der Waals surface area contributed by atoms with E-state index in [1.165, 1.54) is 134 Å². The highest BCUT2D eigenvalue weighted by Crippen LogP contribution is 2.14. The van der Waals surface area contributed by atoms with Gasteiger partial charge in [0.1, 0.15) is 0 Å². The van der Waals surface area contributed by atoms with Crippen molar-refractivity contribution >= 4 is 16.0 Å². The lowest BCUT2D eigenvalue weighted by molar-refractivity contribution is -0.122. The van der Waals surface area contributed by atoms with Gasteiger partial charge in [-0.25, -0.2) is 0 Å². The molecule has 0 saturated heterocycles. The van der Waals surface area contributed by atoms with E-state index >= 15 is 0 Å². The van der Waals surface area contributed by atoms with Gasteiger partial charge in [-0.05, 0) is 32.1 Å². The lowest BCUT2D eigenvalue weighted by atomic mass is 10.0. The van der Waals surface area contributed by atoms with Gasteiger partial charge >= 0.3 is 0 Å². The zero-order chi connectivity index (χ0) is 32.6. The summed E-state index contributed by atoms with van der Waals surface area (Å²) in [4.78, 5) is 12.4. The molecule has 0 aliphatic heterocycles. The van der Waals surface area contributed by atoms with E-state index in [4.69, 9.17) is 0 Å². The molecule has 6 nitrogen and oxygen atoms in total. The van der Waals surface area contributed by atoms with E-state index in [0.717, 1.165) is 38.5 Å². The van der Waals surface area contributed by atoms with E-state index in [1.807, 2.05) is 6.08 Å². The minimum absolute atomic E-state index is 0.287. The van der Waals surface area contributed by atoms with E-state index < -0.39 is 28.0 Å². The SMILES string of the molecule is CCCCCCCCCC/C=C/CC/C=C/C(O)C(CS(=O)(=O)O)NC(=O)CCCCCCCCCCCCCCCCC. The van der Waals surface area contributed by atoms with Crippen LogP contribution in [0.15, 0.2) is 24.3 Å². The molecule has 3 N–H and O–H groups in total. The number of carbonyl (C=O) groups excluding carboxylic acids is 1. The molecule has 0 radical (unpaired) electrons. The number of aliphatic hydroxyl groups is 1. The van der Waals surface area contributed by atoms with Crippen LogP contribution in [0.2, 0.25) is 0 Å². The fraction of sp³-hybridized carbons (Fsp3) is 0.865. The molecule has 0 bridgehead atoms. The highest BCUT2D eigenvalue weighted by Gasteiger charge is 2.24. The first kappa shape index (κ1) is 42.8. The maximum absolute atomic E-state index is 12.4. The topological polar surface area (TPSA) is 104 Å². The summed E-state index contributed by atoms with van der Waals surface area (Å²) in [5, 5.41) is 13.2. The third kappa shape index (κ3) is 32.2. The van der Waals surface area contributed by atoms with E-state index in [2.05, 4.69) is 31.3 Å². The second-order valence-electron chi connectivity index (χ2n) is 12.9. The lowest BCUT2D eigenvalue weighted by Crippen LogP contribution is -2.46. The summed E-state index contributed by atoms with van der Waals surface area (Å²) in [6, 6.07) is -1.07. The van der Waals surface area contributed by atoms with E-state index in [1.54, 1.807) is 0 Å². The fourth-order valence-electron chi connectivity index (χ4n) is 5.58. The highest BCUT2D eigenvalue weighted by atomic mass is 32.2. The quantitative estimate of drug-likeness (QED) is 0.0376. The summed E-state index contributed by atoms with van der Waals surface area (Å²) >= 11 is 0. The summed E-state index contributed by atoms with van der Waals surface area (Å²) in [6.45, 7) is 4.50. The van der Waals surface area contributed by atoms with Crippen LogP contribution in [0.5, 0.6) is 0 Å². The van der Waals surface area contributed by atoms with Crippen molar-refractivity contribution in [1.82, 2.24) is 5.32 Å². The van der Waals surface area contributed by atoms with Crippen LogP contribution in [-0.4, -0.2) is 41.9 Å². The Balaban J connectivity index is 4.01. The van der Waals surface area contributed by atoms with Crippen LogP contribution in [0.4, 0.5) is 0 Å². The van der Waals surface area contributed by atoms with Gasteiger partial charge in [-0.15, -0.1) is 0 Å². The number of unbranched alkanes of at least 4 members (excludes halogenated alkanes) is 23. The molecule has 2 atom stereocenters. The largest absolute Gasteiger partial charge is 0.387 e. The van der Waals surface area contributed by atoms with Crippen LogP contribution in [0.3, 0.4) is 0 Å². The molecule has 0 heterocycles. The number of hydrogen-bond acceptors (Lipinski definition) is 4. The van der Waals surface area contributed by atoms with Crippen molar-refractivity contribution in [2.45, 2.75) is 199 Å². The normalized spacial score (nSPS) is 13.6. The van der Waals surface area contributed by atoms with Crippen molar-refractivity contribution in [2.24, 2.45) is 0 Å². The predicted octanol–water partition coefficient (Wildman–Crippen LogP) is 10.4. The van der Waals surface area contributed by atoms with Crippen molar-refractivity contribution in [2.75, 3.05) is 5.75 Å². The Morgan fingerprint density at radius 3 is 1.43 bits per heavy atom. The Morgan fingerprint density at radius 2 is 0.977 bits per heavy atom. The second-order valence-corrected chi connectivity index (χ2v) is 14.4. The Hall–Kier alpha value is -1.18. The van der Waals surface area contributed by atoms with Crippen LogP contribution >= 0.6 is 0 Å². The van der Waals surface area contributed by atoms with Gasteiger partial charge < -0.3 is 10.4 Å². The summed E-state index contributed by atoms with van der Waals surface area (Å²) in [5.41, 5.74) is 0. The molecule has 0 aliphatic carbocycles. The molecule has 7 heteroatoms. The molecule has 0 aromatic rings. The highest BCUT2D eigenvalue weighted by molar-refractivity contribution is 7.85. The van der Waals surface area contributed by atoms with Crippen molar-refractivity contribution < 1.29 is 22.9 Å². The fourth-order valence-corrected chi connectivity index (χ4v) is 6.32. The predicted molar refractivity (Wildman–Crippen MR) is 189 cm³/mol. The lowest BCUT2D eigenvalue weighted by Gasteiger charge is -2.21. The number of hydrogen-bond donors (Lipinski definition) is 3. The van der Waals surface area contributed by atoms with Gasteiger partial charge in [0.05, 0.1) is 17.9 Å². The van der Waals surface area contributed by atoms with Gasteiger partial charge in [-0.1, -0.05) is 173 Å². The van der Waals surface area contributed by atoms with Crippen LogP contribution in [0.1, 0.15) is 187 Å². The Kier molecular flexibility index (Phi) is 30.9. The van der Waals surface area contributed by atoms with Crippen molar-refractivity contribution in [3.05, 3.63) is 24.3 Å². The minimum atomic E-state index is -4.34. The molecule has 0 aromatic carbocycles. The maximum atomic E-state index is 12.4. The number of rotatable bonds is 33. The second kappa shape index (κ2) is 31.8. The van der Waals surface area contributed by atoms with Crippen molar-refractivity contribution in [3.8, 4) is 0 Å². The summed E-state index contributed by atoms with van der Waals surface area (Å²) < 4.78 is 32.3. The number of aliphatic hydroxyl groups excluding tert-OH is 1. The smallest absolute Gasteiger partial charge is 0.267 e. The van der Waals surface area contributed by atoms with Gasteiger partial charge in [-0.3, -0.25) is 9.35 Å².